The molecule has 1 heterocycles. The maximum absolute atomic E-state index is 12.0. The Morgan fingerprint density at radius 1 is 1.43 bits per heavy atom. The molecule has 0 aliphatic rings. The van der Waals surface area contributed by atoms with E-state index in [0.29, 0.717) is 22.3 Å². The Balaban J connectivity index is 1.90. The number of hydrogen-bond donors (Lipinski definition) is 1. The minimum atomic E-state index is -0.646. The number of ether oxygens (including phenoxy) is 1. The van der Waals surface area contributed by atoms with Crippen molar-refractivity contribution >= 4 is 56.4 Å². The number of carbonyl (C=O) groups is 1. The van der Waals surface area contributed by atoms with Crippen LogP contribution in [0.4, 0.5) is 0 Å². The largest absolute Gasteiger partial charge is 0.479 e. The highest BCUT2D eigenvalue weighted by Gasteiger charge is 2.16. The Morgan fingerprint density at radius 3 is 2.81 bits per heavy atom. The summed E-state index contributed by atoms with van der Waals surface area (Å²) in [5, 5.41) is 5.69. The van der Waals surface area contributed by atoms with Gasteiger partial charge in [-0.15, -0.1) is 11.3 Å². The fraction of sp³-hybridized carbons (Fsp3) is 0.214. The van der Waals surface area contributed by atoms with E-state index in [2.05, 4.69) is 21.2 Å². The third-order valence-electron chi connectivity index (χ3n) is 2.63. The smallest absolute Gasteiger partial charge is 0.261 e. The van der Waals surface area contributed by atoms with Gasteiger partial charge in [0, 0.05) is 19.8 Å². The first-order valence-electron chi connectivity index (χ1n) is 6.08. The third kappa shape index (κ3) is 4.88. The number of nitrogens with one attached hydrogen (secondary N) is 1. The molecule has 0 radical (unpaired) electrons. The molecule has 3 nitrogen and oxygen atoms in total. The number of thiophene rings is 1. The van der Waals surface area contributed by atoms with Crippen molar-refractivity contribution in [3.8, 4) is 5.75 Å². The van der Waals surface area contributed by atoms with Crippen LogP contribution in [0.2, 0.25) is 10.0 Å². The fourth-order valence-electron chi connectivity index (χ4n) is 1.58. The van der Waals surface area contributed by atoms with E-state index >= 15 is 0 Å². The second-order valence-electron chi connectivity index (χ2n) is 4.28. The van der Waals surface area contributed by atoms with Crippen molar-refractivity contribution in [3.63, 3.8) is 0 Å². The van der Waals surface area contributed by atoms with E-state index in [-0.39, 0.29) is 5.91 Å². The predicted molar refractivity (Wildman–Crippen MR) is 90.4 cm³/mol. The molecule has 112 valence electrons. The zero-order valence-corrected chi connectivity index (χ0v) is 14.9. The molecule has 21 heavy (non-hydrogen) atoms. The number of benzene rings is 1. The van der Waals surface area contributed by atoms with Crippen molar-refractivity contribution in [2.75, 3.05) is 0 Å². The van der Waals surface area contributed by atoms with Crippen LogP contribution in [0.1, 0.15) is 11.8 Å². The van der Waals surface area contributed by atoms with Crippen molar-refractivity contribution in [3.05, 3.63) is 49.0 Å². The maximum Gasteiger partial charge on any atom is 0.261 e. The lowest BCUT2D eigenvalue weighted by Crippen LogP contribution is -2.35. The first-order chi connectivity index (χ1) is 9.95. The molecule has 1 unspecified atom stereocenters. The van der Waals surface area contributed by atoms with Gasteiger partial charge in [0.1, 0.15) is 5.75 Å². The summed E-state index contributed by atoms with van der Waals surface area (Å²) in [6.45, 7) is 2.14. The second kappa shape index (κ2) is 7.49. The lowest BCUT2D eigenvalue weighted by molar-refractivity contribution is -0.127. The number of hydrogen-bond acceptors (Lipinski definition) is 3. The molecule has 0 saturated heterocycles. The van der Waals surface area contributed by atoms with Gasteiger partial charge in [-0.2, -0.15) is 0 Å². The third-order valence-corrected chi connectivity index (χ3v) is 4.85. The summed E-state index contributed by atoms with van der Waals surface area (Å²) in [6.07, 6.45) is -0.646. The van der Waals surface area contributed by atoms with Crippen LogP contribution in [0.3, 0.4) is 0 Å². The van der Waals surface area contributed by atoms with Gasteiger partial charge in [-0.05, 0) is 47.1 Å². The van der Waals surface area contributed by atoms with Crippen molar-refractivity contribution in [1.29, 1.82) is 0 Å². The van der Waals surface area contributed by atoms with Crippen LogP contribution in [0.25, 0.3) is 0 Å². The van der Waals surface area contributed by atoms with E-state index in [9.17, 15) is 4.79 Å². The lowest BCUT2D eigenvalue weighted by atomic mass is 10.3. The molecule has 0 spiro atoms. The van der Waals surface area contributed by atoms with Crippen molar-refractivity contribution < 1.29 is 9.53 Å². The van der Waals surface area contributed by atoms with Gasteiger partial charge in [0.05, 0.1) is 11.6 Å². The van der Waals surface area contributed by atoms with Crippen LogP contribution < -0.4 is 10.1 Å². The van der Waals surface area contributed by atoms with E-state index < -0.39 is 6.10 Å². The van der Waals surface area contributed by atoms with Crippen molar-refractivity contribution in [2.24, 2.45) is 0 Å². The minimum Gasteiger partial charge on any atom is -0.479 e. The molecule has 0 bridgehead atoms. The Hall–Kier alpha value is -0.750. The molecule has 1 atom stereocenters. The van der Waals surface area contributed by atoms with Gasteiger partial charge in [-0.3, -0.25) is 4.79 Å². The summed E-state index contributed by atoms with van der Waals surface area (Å²) in [4.78, 5) is 13.1. The summed E-state index contributed by atoms with van der Waals surface area (Å²) in [5.41, 5.74) is 0. The first kappa shape index (κ1) is 16.6. The normalized spacial score (nSPS) is 12.0. The summed E-state index contributed by atoms with van der Waals surface area (Å²) < 4.78 is 6.56. The molecule has 2 rings (SSSR count). The zero-order valence-electron chi connectivity index (χ0n) is 11.0. The molecule has 0 aliphatic heterocycles. The van der Waals surface area contributed by atoms with E-state index in [0.717, 1.165) is 9.35 Å². The van der Waals surface area contributed by atoms with Gasteiger partial charge in [-0.1, -0.05) is 23.2 Å². The maximum atomic E-state index is 12.0. The summed E-state index contributed by atoms with van der Waals surface area (Å²) in [5.74, 6) is 0.230. The van der Waals surface area contributed by atoms with E-state index in [1.807, 2.05) is 11.4 Å². The van der Waals surface area contributed by atoms with Crippen LogP contribution in [0, 0.1) is 0 Å². The highest BCUT2D eigenvalue weighted by Crippen LogP contribution is 2.28. The molecular formula is C14H12BrCl2NO2S. The predicted octanol–water partition coefficient (Wildman–Crippen LogP) is 4.90. The van der Waals surface area contributed by atoms with Crippen molar-refractivity contribution in [2.45, 2.75) is 19.6 Å². The molecule has 1 amide bonds. The van der Waals surface area contributed by atoms with Gasteiger partial charge in [0.2, 0.25) is 0 Å². The van der Waals surface area contributed by atoms with Gasteiger partial charge in [0.15, 0.2) is 6.10 Å². The van der Waals surface area contributed by atoms with Crippen LogP contribution in [0.15, 0.2) is 34.1 Å². The molecular weight excluding hydrogens is 397 g/mol. The average molecular weight is 409 g/mol. The lowest BCUT2D eigenvalue weighted by Gasteiger charge is -2.15. The fourth-order valence-corrected chi connectivity index (χ4v) is 3.42. The Morgan fingerprint density at radius 2 is 2.19 bits per heavy atom. The standard InChI is InChI=1S/C14H12BrCl2NO2S/c1-8(20-13-3-2-10(16)5-12(13)17)14(19)18-6-11-4-9(15)7-21-11/h2-5,7-8H,6H2,1H3,(H,18,19). The van der Waals surface area contributed by atoms with Crippen LogP contribution in [0.5, 0.6) is 5.75 Å². The summed E-state index contributed by atoms with van der Waals surface area (Å²) in [7, 11) is 0. The highest BCUT2D eigenvalue weighted by atomic mass is 79.9. The molecule has 0 aliphatic carbocycles. The van der Waals surface area contributed by atoms with E-state index in [1.54, 1.807) is 36.5 Å². The molecule has 1 aromatic heterocycles. The van der Waals surface area contributed by atoms with Crippen LogP contribution in [-0.2, 0) is 11.3 Å². The van der Waals surface area contributed by atoms with Gasteiger partial charge < -0.3 is 10.1 Å². The Labute approximate surface area is 145 Å². The second-order valence-corrected chi connectivity index (χ2v) is 7.04. The van der Waals surface area contributed by atoms with E-state index in [4.69, 9.17) is 27.9 Å². The summed E-state index contributed by atoms with van der Waals surface area (Å²) in [6, 6.07) is 6.85. The first-order valence-corrected chi connectivity index (χ1v) is 8.51. The Kier molecular flexibility index (Phi) is 5.93. The quantitative estimate of drug-likeness (QED) is 0.763. The van der Waals surface area contributed by atoms with E-state index in [1.165, 1.54) is 0 Å². The van der Waals surface area contributed by atoms with Gasteiger partial charge >= 0.3 is 0 Å². The SMILES string of the molecule is CC(Oc1ccc(Cl)cc1Cl)C(=O)NCc1cc(Br)cs1. The number of rotatable bonds is 5. The van der Waals surface area contributed by atoms with Crippen molar-refractivity contribution in [1.82, 2.24) is 5.32 Å². The average Bonchev–Trinajstić information content (AvgIpc) is 2.85. The zero-order chi connectivity index (χ0) is 15.4. The number of carbonyl (C=O) groups excluding carboxylic acids is 1. The Bertz CT molecular complexity index is 648. The van der Waals surface area contributed by atoms with Gasteiger partial charge in [0.25, 0.3) is 5.91 Å². The molecule has 1 aromatic carbocycles. The van der Waals surface area contributed by atoms with Gasteiger partial charge in [-0.25, -0.2) is 0 Å². The molecule has 0 saturated carbocycles. The molecule has 2 aromatic rings. The summed E-state index contributed by atoms with van der Waals surface area (Å²) >= 11 is 16.8. The minimum absolute atomic E-state index is 0.203. The number of amides is 1. The highest BCUT2D eigenvalue weighted by molar-refractivity contribution is 9.10. The topological polar surface area (TPSA) is 38.3 Å². The van der Waals surface area contributed by atoms with Crippen LogP contribution >= 0.6 is 50.5 Å². The molecule has 0 fully saturated rings. The monoisotopic (exact) mass is 407 g/mol. The number of halogens is 3. The molecule has 7 heteroatoms. The molecule has 1 N–H and O–H groups in total. The van der Waals surface area contributed by atoms with Crippen LogP contribution in [-0.4, -0.2) is 12.0 Å².